The summed E-state index contributed by atoms with van der Waals surface area (Å²) in [5.74, 6) is 6.15. The van der Waals surface area contributed by atoms with Gasteiger partial charge in [-0.3, -0.25) is 4.79 Å². The molecule has 1 aromatic rings. The standard InChI is InChI=1S/C15H22N2OS/c1-4-6-12(2)15(18)17(3)10-14-9-13(11-19-14)7-5-8-16/h9,11-12H,4,6,8,10,16H2,1-3H3. The van der Waals surface area contributed by atoms with E-state index < -0.39 is 0 Å². The molecule has 0 saturated heterocycles. The predicted molar refractivity (Wildman–Crippen MR) is 80.8 cm³/mol. The zero-order valence-corrected chi connectivity index (χ0v) is 12.7. The van der Waals surface area contributed by atoms with E-state index in [0.29, 0.717) is 13.1 Å². The SMILES string of the molecule is CCCC(C)C(=O)N(C)Cc1cc(C#CCN)cs1. The van der Waals surface area contributed by atoms with Crippen LogP contribution in [-0.2, 0) is 11.3 Å². The summed E-state index contributed by atoms with van der Waals surface area (Å²) in [5.41, 5.74) is 6.32. The number of amides is 1. The molecule has 1 rings (SSSR count). The summed E-state index contributed by atoms with van der Waals surface area (Å²) in [5, 5.41) is 2.01. The molecule has 19 heavy (non-hydrogen) atoms. The molecule has 1 heterocycles. The average Bonchev–Trinajstić information content (AvgIpc) is 2.83. The van der Waals surface area contributed by atoms with E-state index in [1.807, 2.05) is 25.4 Å². The monoisotopic (exact) mass is 278 g/mol. The number of rotatable bonds is 5. The van der Waals surface area contributed by atoms with Gasteiger partial charge in [0.1, 0.15) is 0 Å². The summed E-state index contributed by atoms with van der Waals surface area (Å²) < 4.78 is 0. The summed E-state index contributed by atoms with van der Waals surface area (Å²) in [6.45, 7) is 5.13. The van der Waals surface area contributed by atoms with Crippen LogP contribution in [0.1, 0.15) is 37.1 Å². The van der Waals surface area contributed by atoms with E-state index in [0.717, 1.165) is 23.3 Å². The van der Waals surface area contributed by atoms with E-state index in [1.165, 1.54) is 0 Å². The minimum Gasteiger partial charge on any atom is -0.340 e. The molecule has 0 aliphatic carbocycles. The highest BCUT2D eigenvalue weighted by Gasteiger charge is 2.17. The van der Waals surface area contributed by atoms with Crippen molar-refractivity contribution in [3.05, 3.63) is 21.9 Å². The van der Waals surface area contributed by atoms with Crippen LogP contribution in [0, 0.1) is 17.8 Å². The highest BCUT2D eigenvalue weighted by Crippen LogP contribution is 2.17. The first-order valence-electron chi connectivity index (χ1n) is 6.59. The second kappa shape index (κ2) is 7.98. The van der Waals surface area contributed by atoms with Gasteiger partial charge in [-0.25, -0.2) is 0 Å². The summed E-state index contributed by atoms with van der Waals surface area (Å²) >= 11 is 1.63. The van der Waals surface area contributed by atoms with Gasteiger partial charge in [-0.1, -0.05) is 32.1 Å². The smallest absolute Gasteiger partial charge is 0.225 e. The molecule has 0 saturated carbocycles. The summed E-state index contributed by atoms with van der Waals surface area (Å²) in [6.07, 6.45) is 1.99. The highest BCUT2D eigenvalue weighted by molar-refractivity contribution is 7.10. The van der Waals surface area contributed by atoms with Gasteiger partial charge in [0.05, 0.1) is 13.1 Å². The van der Waals surface area contributed by atoms with Crippen molar-refractivity contribution in [2.45, 2.75) is 33.2 Å². The number of nitrogens with two attached hydrogens (primary N) is 1. The lowest BCUT2D eigenvalue weighted by Crippen LogP contribution is -2.30. The van der Waals surface area contributed by atoms with Gasteiger partial charge in [0, 0.05) is 28.8 Å². The van der Waals surface area contributed by atoms with Crippen LogP contribution in [0.4, 0.5) is 0 Å². The Balaban J connectivity index is 2.59. The molecule has 1 atom stereocenters. The molecule has 0 spiro atoms. The Labute approximate surface area is 119 Å². The van der Waals surface area contributed by atoms with Crippen LogP contribution in [-0.4, -0.2) is 24.4 Å². The molecular formula is C15H22N2OS. The maximum atomic E-state index is 12.1. The topological polar surface area (TPSA) is 46.3 Å². The van der Waals surface area contributed by atoms with E-state index in [1.54, 1.807) is 16.2 Å². The van der Waals surface area contributed by atoms with Gasteiger partial charge in [-0.05, 0) is 12.5 Å². The molecule has 0 aromatic carbocycles. The van der Waals surface area contributed by atoms with Gasteiger partial charge in [-0.15, -0.1) is 11.3 Å². The Morgan fingerprint density at radius 2 is 2.32 bits per heavy atom. The number of hydrogen-bond acceptors (Lipinski definition) is 3. The van der Waals surface area contributed by atoms with Crippen LogP contribution in [0.5, 0.6) is 0 Å². The van der Waals surface area contributed by atoms with Crippen molar-refractivity contribution >= 4 is 17.2 Å². The molecule has 0 fully saturated rings. The molecule has 104 valence electrons. The van der Waals surface area contributed by atoms with E-state index in [-0.39, 0.29) is 11.8 Å². The third kappa shape index (κ3) is 5.06. The van der Waals surface area contributed by atoms with Gasteiger partial charge < -0.3 is 10.6 Å². The fraction of sp³-hybridized carbons (Fsp3) is 0.533. The molecule has 0 aliphatic heterocycles. The van der Waals surface area contributed by atoms with Crippen molar-refractivity contribution in [2.24, 2.45) is 11.7 Å². The Bertz CT molecular complexity index is 470. The normalized spacial score (nSPS) is 11.6. The van der Waals surface area contributed by atoms with Crippen molar-refractivity contribution in [1.29, 1.82) is 0 Å². The van der Waals surface area contributed by atoms with Crippen LogP contribution in [0.15, 0.2) is 11.4 Å². The van der Waals surface area contributed by atoms with Crippen LogP contribution in [0.3, 0.4) is 0 Å². The van der Waals surface area contributed by atoms with Gasteiger partial charge in [0.25, 0.3) is 0 Å². The van der Waals surface area contributed by atoms with Crippen LogP contribution < -0.4 is 5.73 Å². The first kappa shape index (κ1) is 15.7. The number of carbonyl (C=O) groups excluding carboxylic acids is 1. The number of thiophene rings is 1. The molecular weight excluding hydrogens is 256 g/mol. The molecule has 0 aliphatic rings. The van der Waals surface area contributed by atoms with Gasteiger partial charge in [-0.2, -0.15) is 0 Å². The maximum Gasteiger partial charge on any atom is 0.225 e. The van der Waals surface area contributed by atoms with E-state index in [9.17, 15) is 4.79 Å². The lowest BCUT2D eigenvalue weighted by Gasteiger charge is -2.20. The minimum atomic E-state index is 0.103. The van der Waals surface area contributed by atoms with Crippen molar-refractivity contribution in [1.82, 2.24) is 4.90 Å². The van der Waals surface area contributed by atoms with E-state index >= 15 is 0 Å². The molecule has 1 unspecified atom stereocenters. The Morgan fingerprint density at radius 3 is 2.95 bits per heavy atom. The second-order valence-electron chi connectivity index (χ2n) is 4.69. The van der Waals surface area contributed by atoms with Crippen molar-refractivity contribution in [3.8, 4) is 11.8 Å². The fourth-order valence-corrected chi connectivity index (χ4v) is 2.80. The van der Waals surface area contributed by atoms with Crippen LogP contribution >= 0.6 is 11.3 Å². The zero-order chi connectivity index (χ0) is 14.3. The second-order valence-corrected chi connectivity index (χ2v) is 5.69. The summed E-state index contributed by atoms with van der Waals surface area (Å²) in [4.78, 5) is 15.1. The van der Waals surface area contributed by atoms with Crippen LogP contribution in [0.2, 0.25) is 0 Å². The largest absolute Gasteiger partial charge is 0.340 e. The van der Waals surface area contributed by atoms with Crippen molar-refractivity contribution < 1.29 is 4.79 Å². The fourth-order valence-electron chi connectivity index (χ4n) is 1.93. The van der Waals surface area contributed by atoms with Gasteiger partial charge in [0.15, 0.2) is 0 Å². The predicted octanol–water partition coefficient (Wildman–Crippen LogP) is 2.45. The number of carbonyl (C=O) groups is 1. The quantitative estimate of drug-likeness (QED) is 0.841. The Kier molecular flexibility index (Phi) is 6.61. The average molecular weight is 278 g/mol. The molecule has 0 radical (unpaired) electrons. The van der Waals surface area contributed by atoms with Crippen molar-refractivity contribution in [2.75, 3.05) is 13.6 Å². The van der Waals surface area contributed by atoms with Gasteiger partial charge in [0.2, 0.25) is 5.91 Å². The Morgan fingerprint density at radius 1 is 1.58 bits per heavy atom. The first-order chi connectivity index (χ1) is 9.08. The molecule has 1 aromatic heterocycles. The van der Waals surface area contributed by atoms with Gasteiger partial charge >= 0.3 is 0 Å². The highest BCUT2D eigenvalue weighted by atomic mass is 32.1. The molecule has 1 amide bonds. The summed E-state index contributed by atoms with van der Waals surface area (Å²) in [6, 6.07) is 2.03. The summed E-state index contributed by atoms with van der Waals surface area (Å²) in [7, 11) is 1.86. The van der Waals surface area contributed by atoms with Crippen molar-refractivity contribution in [3.63, 3.8) is 0 Å². The van der Waals surface area contributed by atoms with Crippen LogP contribution in [0.25, 0.3) is 0 Å². The zero-order valence-electron chi connectivity index (χ0n) is 11.9. The molecule has 2 N–H and O–H groups in total. The molecule has 0 bridgehead atoms. The lowest BCUT2D eigenvalue weighted by atomic mass is 10.1. The first-order valence-corrected chi connectivity index (χ1v) is 7.47. The number of nitrogens with zero attached hydrogens (tertiary/aromatic N) is 1. The minimum absolute atomic E-state index is 0.103. The third-order valence-corrected chi connectivity index (χ3v) is 3.82. The third-order valence-electron chi connectivity index (χ3n) is 2.90. The van der Waals surface area contributed by atoms with E-state index in [4.69, 9.17) is 5.73 Å². The lowest BCUT2D eigenvalue weighted by molar-refractivity contribution is -0.134. The maximum absolute atomic E-state index is 12.1. The molecule has 4 heteroatoms. The number of hydrogen-bond donors (Lipinski definition) is 1. The molecule has 3 nitrogen and oxygen atoms in total. The van der Waals surface area contributed by atoms with E-state index in [2.05, 4.69) is 18.8 Å². The Hall–Kier alpha value is -1.31.